The number of likely N-dealkylation sites (tertiary alicyclic amines) is 1. The Balaban J connectivity index is 1.07. The summed E-state index contributed by atoms with van der Waals surface area (Å²) in [6.07, 6.45) is 14.6. The number of aromatic nitrogens is 1. The van der Waals surface area contributed by atoms with E-state index in [2.05, 4.69) is 27.3 Å². The first-order chi connectivity index (χ1) is 16.1. The van der Waals surface area contributed by atoms with E-state index in [1.807, 2.05) is 11.1 Å². The first-order valence-electron chi connectivity index (χ1n) is 13.4. The third-order valence-electron chi connectivity index (χ3n) is 9.26. The predicted molar refractivity (Wildman–Crippen MR) is 127 cm³/mol. The molecule has 0 radical (unpaired) electrons. The van der Waals surface area contributed by atoms with E-state index in [0.29, 0.717) is 12.5 Å². The molecule has 6 nitrogen and oxygen atoms in total. The number of carbonyl (C=O) groups is 2. The molecule has 33 heavy (non-hydrogen) atoms. The van der Waals surface area contributed by atoms with Crippen LogP contribution in [0.1, 0.15) is 76.2 Å². The second kappa shape index (κ2) is 8.59. The molecule has 7 rings (SSSR count). The highest BCUT2D eigenvalue weighted by atomic mass is 16.2. The summed E-state index contributed by atoms with van der Waals surface area (Å²) >= 11 is 0. The smallest absolute Gasteiger partial charge is 0.243 e. The summed E-state index contributed by atoms with van der Waals surface area (Å²) in [6.45, 7) is 3.38. The van der Waals surface area contributed by atoms with Crippen molar-refractivity contribution >= 4 is 17.6 Å². The maximum absolute atomic E-state index is 13.8. The summed E-state index contributed by atoms with van der Waals surface area (Å²) in [4.78, 5) is 35.9. The molecule has 6 aliphatic rings. The van der Waals surface area contributed by atoms with Crippen molar-refractivity contribution in [1.82, 2.24) is 15.2 Å². The van der Waals surface area contributed by atoms with Crippen molar-refractivity contribution in [2.75, 3.05) is 24.5 Å². The Morgan fingerprint density at radius 1 is 0.939 bits per heavy atom. The summed E-state index contributed by atoms with van der Waals surface area (Å²) in [5.74, 6) is 3.58. The fourth-order valence-corrected chi connectivity index (χ4v) is 8.10. The fourth-order valence-electron chi connectivity index (χ4n) is 8.10. The third-order valence-corrected chi connectivity index (χ3v) is 9.26. The van der Waals surface area contributed by atoms with Crippen molar-refractivity contribution in [2.24, 2.45) is 23.2 Å². The van der Waals surface area contributed by atoms with Gasteiger partial charge in [0.25, 0.3) is 0 Å². The maximum Gasteiger partial charge on any atom is 0.243 e. The molecule has 178 valence electrons. The average Bonchev–Trinajstić information content (AvgIpc) is 3.32. The Morgan fingerprint density at radius 2 is 1.64 bits per heavy atom. The molecule has 0 spiro atoms. The van der Waals surface area contributed by atoms with E-state index in [-0.39, 0.29) is 17.4 Å². The number of rotatable bonds is 5. The molecule has 3 heterocycles. The number of piperidine rings is 1. The van der Waals surface area contributed by atoms with Gasteiger partial charge in [-0.15, -0.1) is 0 Å². The van der Waals surface area contributed by atoms with Crippen molar-refractivity contribution in [3.05, 3.63) is 23.9 Å². The molecule has 2 saturated heterocycles. The number of hydrogen-bond donors (Lipinski definition) is 1. The zero-order chi connectivity index (χ0) is 22.4. The van der Waals surface area contributed by atoms with Crippen LogP contribution < -0.4 is 10.2 Å². The second-order valence-corrected chi connectivity index (χ2v) is 11.6. The van der Waals surface area contributed by atoms with E-state index in [1.54, 1.807) is 0 Å². The number of amides is 2. The molecule has 1 unspecified atom stereocenters. The molecule has 1 aromatic rings. The minimum Gasteiger partial charge on any atom is -0.357 e. The quantitative estimate of drug-likeness (QED) is 0.739. The first-order valence-corrected chi connectivity index (χ1v) is 13.4. The largest absolute Gasteiger partial charge is 0.357 e. The van der Waals surface area contributed by atoms with E-state index in [1.165, 1.54) is 38.5 Å². The molecule has 2 amide bonds. The van der Waals surface area contributed by atoms with Crippen molar-refractivity contribution < 1.29 is 9.59 Å². The topological polar surface area (TPSA) is 65.5 Å². The van der Waals surface area contributed by atoms with Crippen LogP contribution in [0.25, 0.3) is 0 Å². The SMILES string of the molecule is O=C(NCc1ccc(N2CCCCC2)nc1)C1CCCN1C(=O)C12CC3CC(CC(C3)C1)C2. The summed E-state index contributed by atoms with van der Waals surface area (Å²) < 4.78 is 0. The van der Waals surface area contributed by atoms with Gasteiger partial charge in [0.05, 0.1) is 5.41 Å². The number of nitrogens with zero attached hydrogens (tertiary/aromatic N) is 3. The van der Waals surface area contributed by atoms with Crippen LogP contribution in [0, 0.1) is 23.2 Å². The van der Waals surface area contributed by atoms with Gasteiger partial charge >= 0.3 is 0 Å². The van der Waals surface area contributed by atoms with Crippen LogP contribution in [0.5, 0.6) is 0 Å². The lowest BCUT2D eigenvalue weighted by atomic mass is 9.49. The average molecular weight is 451 g/mol. The predicted octanol–water partition coefficient (Wildman–Crippen LogP) is 3.90. The van der Waals surface area contributed by atoms with Crippen molar-refractivity contribution in [3.63, 3.8) is 0 Å². The van der Waals surface area contributed by atoms with Crippen molar-refractivity contribution in [3.8, 4) is 0 Å². The lowest BCUT2D eigenvalue weighted by Gasteiger charge is -2.56. The summed E-state index contributed by atoms with van der Waals surface area (Å²) in [5, 5.41) is 3.11. The summed E-state index contributed by atoms with van der Waals surface area (Å²) in [6, 6.07) is 3.85. The van der Waals surface area contributed by atoms with E-state index in [9.17, 15) is 9.59 Å². The lowest BCUT2D eigenvalue weighted by Crippen LogP contribution is -2.57. The molecule has 6 heteroatoms. The minimum absolute atomic E-state index is 0.00526. The Hall–Kier alpha value is -2.11. The minimum atomic E-state index is -0.300. The normalized spacial score (nSPS) is 35.2. The van der Waals surface area contributed by atoms with Gasteiger partial charge in [-0.05, 0) is 100 Å². The van der Waals surface area contributed by atoms with Crippen LogP contribution in [0.2, 0.25) is 0 Å². The highest BCUT2D eigenvalue weighted by Crippen LogP contribution is 2.60. The maximum atomic E-state index is 13.8. The van der Waals surface area contributed by atoms with Crippen LogP contribution in [0.4, 0.5) is 5.82 Å². The van der Waals surface area contributed by atoms with Gasteiger partial charge in [-0.2, -0.15) is 0 Å². The molecular weight excluding hydrogens is 412 g/mol. The molecule has 2 aliphatic heterocycles. The van der Waals surface area contributed by atoms with Gasteiger partial charge in [-0.25, -0.2) is 4.98 Å². The molecule has 1 N–H and O–H groups in total. The van der Waals surface area contributed by atoms with E-state index in [0.717, 1.165) is 80.9 Å². The number of carbonyl (C=O) groups excluding carboxylic acids is 2. The third kappa shape index (κ3) is 4.04. The molecule has 0 aromatic carbocycles. The van der Waals surface area contributed by atoms with E-state index < -0.39 is 0 Å². The van der Waals surface area contributed by atoms with Gasteiger partial charge in [0.2, 0.25) is 11.8 Å². The van der Waals surface area contributed by atoms with Gasteiger partial charge in [0.15, 0.2) is 0 Å². The molecule has 4 bridgehead atoms. The standard InChI is InChI=1S/C27H38N4O2/c32-25(29-18-19-6-7-24(28-17-19)30-8-2-1-3-9-30)23-5-4-10-31(23)26(33)27-14-20-11-21(15-27)13-22(12-20)16-27/h6-7,17,20-23H,1-5,8-16,18H2,(H,29,32). The van der Waals surface area contributed by atoms with Crippen LogP contribution in [-0.4, -0.2) is 47.4 Å². The molecule has 6 fully saturated rings. The molecule has 1 atom stereocenters. The Labute approximate surface area is 197 Å². The Morgan fingerprint density at radius 3 is 2.27 bits per heavy atom. The molecular formula is C27H38N4O2. The van der Waals surface area contributed by atoms with Gasteiger partial charge in [0, 0.05) is 32.4 Å². The fraction of sp³-hybridized carbons (Fsp3) is 0.741. The molecule has 1 aromatic heterocycles. The highest BCUT2D eigenvalue weighted by Gasteiger charge is 2.56. The Kier molecular flexibility index (Phi) is 5.58. The van der Waals surface area contributed by atoms with Crippen LogP contribution in [-0.2, 0) is 16.1 Å². The molecule has 4 saturated carbocycles. The van der Waals surface area contributed by atoms with Gasteiger partial charge in [-0.1, -0.05) is 6.07 Å². The monoisotopic (exact) mass is 450 g/mol. The second-order valence-electron chi connectivity index (χ2n) is 11.6. The number of anilines is 1. The van der Waals surface area contributed by atoms with Crippen LogP contribution in [0.15, 0.2) is 18.3 Å². The van der Waals surface area contributed by atoms with Gasteiger partial charge < -0.3 is 15.1 Å². The number of hydrogen-bond acceptors (Lipinski definition) is 4. The van der Waals surface area contributed by atoms with Crippen molar-refractivity contribution in [2.45, 2.75) is 83.2 Å². The first kappa shape index (κ1) is 21.4. The van der Waals surface area contributed by atoms with E-state index in [4.69, 9.17) is 0 Å². The van der Waals surface area contributed by atoms with E-state index >= 15 is 0 Å². The number of nitrogens with one attached hydrogen (secondary N) is 1. The Bertz CT molecular complexity index is 857. The zero-order valence-corrected chi connectivity index (χ0v) is 19.8. The van der Waals surface area contributed by atoms with Crippen LogP contribution >= 0.6 is 0 Å². The zero-order valence-electron chi connectivity index (χ0n) is 19.8. The lowest BCUT2D eigenvalue weighted by molar-refractivity contribution is -0.160. The van der Waals surface area contributed by atoms with Crippen molar-refractivity contribution in [1.29, 1.82) is 0 Å². The van der Waals surface area contributed by atoms with Gasteiger partial charge in [0.1, 0.15) is 11.9 Å². The summed E-state index contributed by atoms with van der Waals surface area (Å²) in [5.41, 5.74) is 0.854. The van der Waals surface area contributed by atoms with Crippen LogP contribution in [0.3, 0.4) is 0 Å². The summed E-state index contributed by atoms with van der Waals surface area (Å²) in [7, 11) is 0. The number of pyridine rings is 1. The van der Waals surface area contributed by atoms with Gasteiger partial charge in [-0.3, -0.25) is 9.59 Å². The molecule has 4 aliphatic carbocycles. The highest BCUT2D eigenvalue weighted by molar-refractivity contribution is 5.91.